The number of anilines is 1. The normalized spacial score (nSPS) is 11.9. The smallest absolute Gasteiger partial charge is 0.264 e. The summed E-state index contributed by atoms with van der Waals surface area (Å²) in [6.07, 6.45) is 0.331. The number of aryl methyl sites for hydroxylation is 1. The lowest BCUT2D eigenvalue weighted by Gasteiger charge is -2.33. The number of hydrogen-bond acceptors (Lipinski definition) is 6. The Hall–Kier alpha value is -3.76. The molecule has 0 aliphatic rings. The standard InChI is InChI=1S/C30H36ClN3O6S/c1-6-26(30(36)32-7-2)33(19-22-10-12-23(31)13-11-22)29(35)20-34(24-14-8-21(3)9-15-24)41(37,38)25-16-17-27(39-4)28(18-25)40-5/h8-18,26H,6-7,19-20H2,1-5H3,(H,32,36). The summed E-state index contributed by atoms with van der Waals surface area (Å²) in [7, 11) is -1.39. The van der Waals surface area contributed by atoms with Crippen molar-refractivity contribution in [1.29, 1.82) is 0 Å². The Morgan fingerprint density at radius 2 is 1.56 bits per heavy atom. The average molecular weight is 602 g/mol. The Balaban J connectivity index is 2.09. The second-order valence-corrected chi connectivity index (χ2v) is 11.6. The maximum absolute atomic E-state index is 14.1. The summed E-state index contributed by atoms with van der Waals surface area (Å²) < 4.78 is 39.8. The van der Waals surface area contributed by atoms with Crippen molar-refractivity contribution in [3.05, 3.63) is 82.9 Å². The molecule has 11 heteroatoms. The molecule has 2 amide bonds. The molecule has 0 bridgehead atoms. The highest BCUT2D eigenvalue weighted by Gasteiger charge is 2.34. The van der Waals surface area contributed by atoms with Crippen LogP contribution in [0.25, 0.3) is 0 Å². The van der Waals surface area contributed by atoms with Crippen molar-refractivity contribution < 1.29 is 27.5 Å². The van der Waals surface area contributed by atoms with Gasteiger partial charge in [0.25, 0.3) is 10.0 Å². The van der Waals surface area contributed by atoms with E-state index in [1.807, 2.05) is 6.92 Å². The summed E-state index contributed by atoms with van der Waals surface area (Å²) >= 11 is 6.05. The van der Waals surface area contributed by atoms with Crippen LogP contribution in [0.5, 0.6) is 11.5 Å². The van der Waals surface area contributed by atoms with Crippen LogP contribution in [0.2, 0.25) is 5.02 Å². The molecular formula is C30H36ClN3O6S. The molecule has 0 radical (unpaired) electrons. The molecule has 0 heterocycles. The van der Waals surface area contributed by atoms with Gasteiger partial charge in [-0.15, -0.1) is 0 Å². The number of amides is 2. The van der Waals surface area contributed by atoms with Crippen LogP contribution in [-0.2, 0) is 26.2 Å². The lowest BCUT2D eigenvalue weighted by Crippen LogP contribution is -2.52. The van der Waals surface area contributed by atoms with E-state index in [2.05, 4.69) is 5.32 Å². The van der Waals surface area contributed by atoms with Crippen molar-refractivity contribution in [3.63, 3.8) is 0 Å². The van der Waals surface area contributed by atoms with Crippen LogP contribution in [0.15, 0.2) is 71.6 Å². The summed E-state index contributed by atoms with van der Waals surface area (Å²) in [5.41, 5.74) is 1.97. The van der Waals surface area contributed by atoms with Crippen molar-refractivity contribution in [2.75, 3.05) is 31.6 Å². The molecule has 0 aliphatic heterocycles. The number of hydrogen-bond donors (Lipinski definition) is 1. The van der Waals surface area contributed by atoms with Crippen LogP contribution >= 0.6 is 11.6 Å². The Morgan fingerprint density at radius 3 is 2.12 bits per heavy atom. The summed E-state index contributed by atoms with van der Waals surface area (Å²) in [4.78, 5) is 28.4. The topological polar surface area (TPSA) is 105 Å². The third-order valence-corrected chi connectivity index (χ3v) is 8.57. The van der Waals surface area contributed by atoms with Crippen LogP contribution in [0.4, 0.5) is 5.69 Å². The maximum atomic E-state index is 14.1. The van der Waals surface area contributed by atoms with Gasteiger partial charge in [-0.2, -0.15) is 0 Å². The molecule has 3 rings (SSSR count). The van der Waals surface area contributed by atoms with E-state index >= 15 is 0 Å². The second-order valence-electron chi connectivity index (χ2n) is 9.33. The van der Waals surface area contributed by atoms with Gasteiger partial charge in [-0.05, 0) is 62.2 Å². The number of nitrogens with zero attached hydrogens (tertiary/aromatic N) is 2. The van der Waals surface area contributed by atoms with E-state index in [4.69, 9.17) is 21.1 Å². The van der Waals surface area contributed by atoms with E-state index in [0.29, 0.717) is 29.4 Å². The fraction of sp³-hybridized carbons (Fsp3) is 0.333. The van der Waals surface area contributed by atoms with E-state index in [1.54, 1.807) is 62.4 Å². The highest BCUT2D eigenvalue weighted by atomic mass is 35.5. The number of rotatable bonds is 13. The first-order chi connectivity index (χ1) is 19.5. The Bertz CT molecular complexity index is 1450. The summed E-state index contributed by atoms with van der Waals surface area (Å²) in [6.45, 7) is 5.42. The van der Waals surface area contributed by atoms with Gasteiger partial charge in [-0.3, -0.25) is 13.9 Å². The van der Waals surface area contributed by atoms with Crippen molar-refractivity contribution in [1.82, 2.24) is 10.2 Å². The number of likely N-dealkylation sites (N-methyl/N-ethyl adjacent to an activating group) is 1. The summed E-state index contributed by atoms with van der Waals surface area (Å²) in [6, 6.07) is 17.2. The number of methoxy groups -OCH3 is 2. The predicted octanol–water partition coefficient (Wildman–Crippen LogP) is 4.80. The van der Waals surface area contributed by atoms with E-state index in [9.17, 15) is 18.0 Å². The van der Waals surface area contributed by atoms with Gasteiger partial charge < -0.3 is 19.7 Å². The highest BCUT2D eigenvalue weighted by molar-refractivity contribution is 7.92. The first-order valence-corrected chi connectivity index (χ1v) is 15.0. The third kappa shape index (κ3) is 7.71. The largest absolute Gasteiger partial charge is 0.493 e. The Labute approximate surface area is 247 Å². The van der Waals surface area contributed by atoms with Crippen LogP contribution in [0, 0.1) is 6.92 Å². The molecule has 0 fully saturated rings. The number of carbonyl (C=O) groups excluding carboxylic acids is 2. The number of ether oxygens (including phenoxy) is 2. The van der Waals surface area contributed by atoms with Gasteiger partial charge in [-0.25, -0.2) is 8.42 Å². The summed E-state index contributed by atoms with van der Waals surface area (Å²) in [5.74, 6) is -0.258. The van der Waals surface area contributed by atoms with Gasteiger partial charge in [0.05, 0.1) is 24.8 Å². The van der Waals surface area contributed by atoms with E-state index in [0.717, 1.165) is 15.4 Å². The van der Waals surface area contributed by atoms with Crippen LogP contribution < -0.4 is 19.1 Å². The molecule has 220 valence electrons. The Morgan fingerprint density at radius 1 is 0.927 bits per heavy atom. The molecule has 41 heavy (non-hydrogen) atoms. The Kier molecular flexibility index (Phi) is 11.0. The lowest BCUT2D eigenvalue weighted by atomic mass is 10.1. The molecule has 1 atom stereocenters. The highest BCUT2D eigenvalue weighted by Crippen LogP contribution is 2.32. The fourth-order valence-corrected chi connectivity index (χ4v) is 5.90. The lowest BCUT2D eigenvalue weighted by molar-refractivity contribution is -0.140. The first kappa shape index (κ1) is 31.8. The van der Waals surface area contributed by atoms with Gasteiger partial charge >= 0.3 is 0 Å². The minimum Gasteiger partial charge on any atom is -0.493 e. The molecule has 3 aromatic rings. The quantitative estimate of drug-likeness (QED) is 0.302. The zero-order chi connectivity index (χ0) is 30.2. The molecule has 0 aliphatic carbocycles. The molecule has 1 unspecified atom stereocenters. The number of nitrogens with one attached hydrogen (secondary N) is 1. The minimum absolute atomic E-state index is 0.0801. The van der Waals surface area contributed by atoms with E-state index in [-0.39, 0.29) is 23.1 Å². The zero-order valence-electron chi connectivity index (χ0n) is 23.9. The van der Waals surface area contributed by atoms with Gasteiger partial charge in [0.15, 0.2) is 11.5 Å². The van der Waals surface area contributed by atoms with Gasteiger partial charge in [0, 0.05) is 24.2 Å². The average Bonchev–Trinajstić information content (AvgIpc) is 2.96. The number of halogens is 1. The molecule has 1 N–H and O–H groups in total. The predicted molar refractivity (Wildman–Crippen MR) is 160 cm³/mol. The molecule has 0 aromatic heterocycles. The fourth-order valence-electron chi connectivity index (χ4n) is 4.34. The molecule has 9 nitrogen and oxygen atoms in total. The molecule has 0 spiro atoms. The first-order valence-electron chi connectivity index (χ1n) is 13.2. The molecular weight excluding hydrogens is 566 g/mol. The monoisotopic (exact) mass is 601 g/mol. The zero-order valence-corrected chi connectivity index (χ0v) is 25.5. The molecule has 0 saturated heterocycles. The van der Waals surface area contributed by atoms with Gasteiger partial charge in [-0.1, -0.05) is 48.4 Å². The second kappa shape index (κ2) is 14.2. The minimum atomic E-state index is -4.26. The van der Waals surface area contributed by atoms with E-state index < -0.39 is 28.5 Å². The van der Waals surface area contributed by atoms with Crippen molar-refractivity contribution in [2.24, 2.45) is 0 Å². The van der Waals surface area contributed by atoms with Gasteiger partial charge in [0.1, 0.15) is 12.6 Å². The van der Waals surface area contributed by atoms with Crippen molar-refractivity contribution in [2.45, 2.75) is 44.7 Å². The molecule has 3 aromatic carbocycles. The van der Waals surface area contributed by atoms with Crippen molar-refractivity contribution >= 4 is 39.1 Å². The third-order valence-electron chi connectivity index (χ3n) is 6.55. The summed E-state index contributed by atoms with van der Waals surface area (Å²) in [5, 5.41) is 3.32. The van der Waals surface area contributed by atoms with Crippen LogP contribution in [0.3, 0.4) is 0 Å². The van der Waals surface area contributed by atoms with Crippen LogP contribution in [0.1, 0.15) is 31.4 Å². The van der Waals surface area contributed by atoms with E-state index in [1.165, 1.54) is 37.3 Å². The number of sulfonamides is 1. The van der Waals surface area contributed by atoms with Crippen molar-refractivity contribution in [3.8, 4) is 11.5 Å². The maximum Gasteiger partial charge on any atom is 0.264 e. The number of benzene rings is 3. The van der Waals surface area contributed by atoms with Crippen LogP contribution in [-0.4, -0.2) is 58.5 Å². The molecule has 0 saturated carbocycles. The number of carbonyl (C=O) groups is 2. The van der Waals surface area contributed by atoms with Gasteiger partial charge in [0.2, 0.25) is 11.8 Å². The SMILES string of the molecule is CCNC(=O)C(CC)N(Cc1ccc(Cl)cc1)C(=O)CN(c1ccc(C)cc1)S(=O)(=O)c1ccc(OC)c(OC)c1.